The molecule has 0 fully saturated rings. The number of hydrogen-bond donors (Lipinski definition) is 1. The van der Waals surface area contributed by atoms with Crippen LogP contribution in [0.1, 0.15) is 35.2 Å². The Morgan fingerprint density at radius 2 is 2.05 bits per heavy atom. The number of methoxy groups -OCH3 is 1. The number of carbonyl (C=O) groups is 2. The fourth-order valence-electron chi connectivity index (χ4n) is 1.74. The van der Waals surface area contributed by atoms with Crippen LogP contribution in [0, 0.1) is 23.7 Å². The molecule has 21 heavy (non-hydrogen) atoms. The maximum atomic E-state index is 12.1. The van der Waals surface area contributed by atoms with Crippen molar-refractivity contribution in [3.63, 3.8) is 0 Å². The van der Waals surface area contributed by atoms with Gasteiger partial charge < -0.3 is 10.1 Å². The molecular weight excluding hydrogens is 268 g/mol. The van der Waals surface area contributed by atoms with E-state index in [1.165, 1.54) is 19.2 Å². The number of terminal acetylenes is 1. The molecule has 1 atom stereocenters. The standard InChI is InChI=1S/C16H16N2O3/c1-3-4-5-6-14(16(20)21-2)18-15(19)13-9-7-12(11-17)8-10-13/h1,7-10,14H,4-6H2,2H3,(H,18,19)/t14-/m1/s1. The highest BCUT2D eigenvalue weighted by Crippen LogP contribution is 2.07. The Balaban J connectivity index is 2.72. The molecule has 0 aromatic heterocycles. The average molecular weight is 284 g/mol. The van der Waals surface area contributed by atoms with Gasteiger partial charge in [-0.2, -0.15) is 5.26 Å². The zero-order chi connectivity index (χ0) is 15.7. The molecule has 1 aromatic rings. The van der Waals surface area contributed by atoms with E-state index >= 15 is 0 Å². The van der Waals surface area contributed by atoms with Gasteiger partial charge >= 0.3 is 5.97 Å². The summed E-state index contributed by atoms with van der Waals surface area (Å²) in [4.78, 5) is 23.7. The highest BCUT2D eigenvalue weighted by molar-refractivity contribution is 5.96. The summed E-state index contributed by atoms with van der Waals surface area (Å²) in [7, 11) is 1.27. The lowest BCUT2D eigenvalue weighted by Crippen LogP contribution is -2.41. The van der Waals surface area contributed by atoms with Gasteiger partial charge in [0.1, 0.15) is 6.04 Å². The monoisotopic (exact) mass is 284 g/mol. The molecule has 108 valence electrons. The van der Waals surface area contributed by atoms with E-state index in [1.54, 1.807) is 12.1 Å². The molecule has 0 radical (unpaired) electrons. The third kappa shape index (κ3) is 5.00. The van der Waals surface area contributed by atoms with Crippen molar-refractivity contribution in [2.24, 2.45) is 0 Å². The third-order valence-corrected chi connectivity index (χ3v) is 2.88. The van der Waals surface area contributed by atoms with E-state index in [1.807, 2.05) is 6.07 Å². The summed E-state index contributed by atoms with van der Waals surface area (Å²) < 4.78 is 4.67. The number of nitriles is 1. The number of carbonyl (C=O) groups excluding carboxylic acids is 2. The van der Waals surface area contributed by atoms with Crippen molar-refractivity contribution < 1.29 is 14.3 Å². The number of benzene rings is 1. The molecular formula is C16H16N2O3. The molecule has 0 bridgehead atoms. The van der Waals surface area contributed by atoms with Gasteiger partial charge in [-0.15, -0.1) is 12.3 Å². The third-order valence-electron chi connectivity index (χ3n) is 2.88. The minimum absolute atomic E-state index is 0.375. The smallest absolute Gasteiger partial charge is 0.328 e. The number of unbranched alkanes of at least 4 members (excludes halogenated alkanes) is 1. The molecule has 1 rings (SSSR count). The molecule has 1 aromatic carbocycles. The van der Waals surface area contributed by atoms with E-state index in [0.717, 1.165) is 0 Å². The highest BCUT2D eigenvalue weighted by Gasteiger charge is 2.21. The molecule has 0 aliphatic rings. The van der Waals surface area contributed by atoms with Crippen molar-refractivity contribution in [2.75, 3.05) is 7.11 Å². The average Bonchev–Trinajstić information content (AvgIpc) is 2.53. The van der Waals surface area contributed by atoms with Crippen LogP contribution in [0.5, 0.6) is 0 Å². The van der Waals surface area contributed by atoms with Crippen LogP contribution in [-0.2, 0) is 9.53 Å². The van der Waals surface area contributed by atoms with E-state index < -0.39 is 17.9 Å². The molecule has 0 heterocycles. The van der Waals surface area contributed by atoms with Gasteiger partial charge in [0.05, 0.1) is 18.7 Å². The first-order chi connectivity index (χ1) is 10.1. The minimum atomic E-state index is -0.730. The molecule has 0 aliphatic carbocycles. The Morgan fingerprint density at radius 1 is 1.38 bits per heavy atom. The van der Waals surface area contributed by atoms with Crippen LogP contribution in [0.15, 0.2) is 24.3 Å². The van der Waals surface area contributed by atoms with E-state index in [4.69, 9.17) is 11.7 Å². The summed E-state index contributed by atoms with van der Waals surface area (Å²) >= 11 is 0. The van der Waals surface area contributed by atoms with E-state index in [-0.39, 0.29) is 0 Å². The summed E-state index contributed by atoms with van der Waals surface area (Å²) in [6, 6.07) is 7.39. The quantitative estimate of drug-likeness (QED) is 0.489. The SMILES string of the molecule is C#CCCC[C@@H](NC(=O)c1ccc(C#N)cc1)C(=O)OC. The maximum Gasteiger partial charge on any atom is 0.328 e. The maximum absolute atomic E-state index is 12.1. The number of nitrogens with one attached hydrogen (secondary N) is 1. The summed E-state index contributed by atoms with van der Waals surface area (Å²) in [6.45, 7) is 0. The van der Waals surface area contributed by atoms with Gasteiger partial charge in [0.2, 0.25) is 0 Å². The molecule has 0 saturated carbocycles. The van der Waals surface area contributed by atoms with Crippen LogP contribution >= 0.6 is 0 Å². The second-order valence-corrected chi connectivity index (χ2v) is 4.33. The van der Waals surface area contributed by atoms with Gasteiger partial charge in [-0.25, -0.2) is 4.79 Å². The summed E-state index contributed by atoms with van der Waals surface area (Å²) in [5.41, 5.74) is 0.838. The van der Waals surface area contributed by atoms with E-state index in [2.05, 4.69) is 16.0 Å². The van der Waals surface area contributed by atoms with Crippen molar-refractivity contribution in [3.05, 3.63) is 35.4 Å². The fraction of sp³-hybridized carbons (Fsp3) is 0.312. The van der Waals surface area contributed by atoms with Crippen LogP contribution in [-0.4, -0.2) is 25.0 Å². The topological polar surface area (TPSA) is 79.2 Å². The summed E-state index contributed by atoms with van der Waals surface area (Å²) in [5, 5.41) is 11.3. The molecule has 0 unspecified atom stereocenters. The Hall–Kier alpha value is -2.79. The summed E-state index contributed by atoms with van der Waals surface area (Å²) in [6.07, 6.45) is 6.72. The lowest BCUT2D eigenvalue weighted by molar-refractivity contribution is -0.143. The summed E-state index contributed by atoms with van der Waals surface area (Å²) in [5.74, 6) is 1.58. The van der Waals surface area contributed by atoms with Gasteiger partial charge in [0.15, 0.2) is 0 Å². The van der Waals surface area contributed by atoms with Crippen LogP contribution < -0.4 is 5.32 Å². The predicted octanol–water partition coefficient (Wildman–Crippen LogP) is 1.63. The molecule has 5 nitrogen and oxygen atoms in total. The van der Waals surface area contributed by atoms with Gasteiger partial charge in [-0.3, -0.25) is 4.79 Å². The molecule has 5 heteroatoms. The number of rotatable bonds is 6. The normalized spacial score (nSPS) is 10.8. The number of esters is 1. The van der Waals surface area contributed by atoms with Crippen molar-refractivity contribution in [2.45, 2.75) is 25.3 Å². The zero-order valence-electron chi connectivity index (χ0n) is 11.8. The number of nitrogens with zero attached hydrogens (tertiary/aromatic N) is 1. The van der Waals surface area contributed by atoms with Crippen molar-refractivity contribution in [1.29, 1.82) is 5.26 Å². The molecule has 1 amide bonds. The van der Waals surface area contributed by atoms with Crippen LogP contribution in [0.25, 0.3) is 0 Å². The Bertz CT molecular complexity index is 579. The highest BCUT2D eigenvalue weighted by atomic mass is 16.5. The number of ether oxygens (including phenoxy) is 1. The molecule has 0 aliphatic heterocycles. The second kappa shape index (κ2) is 8.39. The van der Waals surface area contributed by atoms with Gasteiger partial charge in [0.25, 0.3) is 5.91 Å². The zero-order valence-corrected chi connectivity index (χ0v) is 11.8. The Kier molecular flexibility index (Phi) is 6.50. The first kappa shape index (κ1) is 16.3. The number of hydrogen-bond acceptors (Lipinski definition) is 4. The van der Waals surface area contributed by atoms with Crippen LogP contribution in [0.3, 0.4) is 0 Å². The number of amides is 1. The first-order valence-corrected chi connectivity index (χ1v) is 6.44. The Morgan fingerprint density at radius 3 is 2.57 bits per heavy atom. The fourth-order valence-corrected chi connectivity index (χ4v) is 1.74. The molecule has 0 saturated heterocycles. The second-order valence-electron chi connectivity index (χ2n) is 4.33. The van der Waals surface area contributed by atoms with Gasteiger partial charge in [-0.05, 0) is 37.1 Å². The Labute approximate surface area is 123 Å². The first-order valence-electron chi connectivity index (χ1n) is 6.44. The lowest BCUT2D eigenvalue weighted by Gasteiger charge is -2.16. The van der Waals surface area contributed by atoms with E-state index in [9.17, 15) is 9.59 Å². The minimum Gasteiger partial charge on any atom is -0.467 e. The van der Waals surface area contributed by atoms with Gasteiger partial charge in [0, 0.05) is 12.0 Å². The predicted molar refractivity (Wildman–Crippen MR) is 77.1 cm³/mol. The molecule has 1 N–H and O–H groups in total. The largest absolute Gasteiger partial charge is 0.467 e. The van der Waals surface area contributed by atoms with Gasteiger partial charge in [-0.1, -0.05) is 0 Å². The molecule has 0 spiro atoms. The van der Waals surface area contributed by atoms with Crippen molar-refractivity contribution >= 4 is 11.9 Å². The lowest BCUT2D eigenvalue weighted by atomic mass is 10.1. The van der Waals surface area contributed by atoms with Crippen LogP contribution in [0.2, 0.25) is 0 Å². The van der Waals surface area contributed by atoms with Crippen LogP contribution in [0.4, 0.5) is 0 Å². The van der Waals surface area contributed by atoms with E-state index in [0.29, 0.717) is 30.4 Å². The van der Waals surface area contributed by atoms with Crippen molar-refractivity contribution in [3.8, 4) is 18.4 Å². The van der Waals surface area contributed by atoms with Crippen molar-refractivity contribution in [1.82, 2.24) is 5.32 Å².